The molecule has 0 aliphatic rings. The zero-order valence-corrected chi connectivity index (χ0v) is 15.0. The lowest BCUT2D eigenvalue weighted by Gasteiger charge is -2.25. The fraction of sp³-hybridized carbons (Fsp3) is 0.0909. The highest BCUT2D eigenvalue weighted by Crippen LogP contribution is 2.32. The first-order valence-corrected chi connectivity index (χ1v) is 11.2. The fourth-order valence-corrected chi connectivity index (χ4v) is 5.11. The summed E-state index contributed by atoms with van der Waals surface area (Å²) in [6.07, 6.45) is 0. The van der Waals surface area contributed by atoms with Crippen molar-refractivity contribution in [1.82, 2.24) is 0 Å². The third-order valence-electron chi connectivity index (χ3n) is 4.58. The Morgan fingerprint density at radius 3 is 2.12 bits per heavy atom. The van der Waals surface area contributed by atoms with Crippen LogP contribution in [0.3, 0.4) is 0 Å². The van der Waals surface area contributed by atoms with Crippen molar-refractivity contribution in [2.24, 2.45) is 0 Å². The Morgan fingerprint density at radius 1 is 0.583 bits per heavy atom. The number of fused-ring (bicyclic) bond motifs is 3. The standard InChI is InChI=1S/C22H20OSi/c1-24(2,18-10-4-3-5-11-18)23-22-14-8-13-20-19-12-7-6-9-17(19)15-16-21(20)22/h3-16H,1-2H3. The van der Waals surface area contributed by atoms with Crippen molar-refractivity contribution in [3.05, 3.63) is 84.9 Å². The van der Waals surface area contributed by atoms with Gasteiger partial charge in [-0.3, -0.25) is 0 Å². The van der Waals surface area contributed by atoms with Crippen LogP contribution < -0.4 is 9.61 Å². The van der Waals surface area contributed by atoms with Crippen LogP contribution in [0.15, 0.2) is 84.9 Å². The summed E-state index contributed by atoms with van der Waals surface area (Å²) in [7, 11) is -2.00. The molecule has 0 saturated carbocycles. The van der Waals surface area contributed by atoms with Gasteiger partial charge in [-0.05, 0) is 40.5 Å². The Hall–Kier alpha value is -2.58. The molecule has 0 fully saturated rings. The highest BCUT2D eigenvalue weighted by atomic mass is 28.4. The van der Waals surface area contributed by atoms with Crippen molar-refractivity contribution >= 4 is 35.0 Å². The second kappa shape index (κ2) is 5.80. The van der Waals surface area contributed by atoms with Gasteiger partial charge in [-0.1, -0.05) is 78.9 Å². The summed E-state index contributed by atoms with van der Waals surface area (Å²) in [5, 5.41) is 6.29. The summed E-state index contributed by atoms with van der Waals surface area (Å²) in [5.74, 6) is 0.985. The maximum absolute atomic E-state index is 6.59. The van der Waals surface area contributed by atoms with Crippen LogP contribution in [0.4, 0.5) is 0 Å². The highest BCUT2D eigenvalue weighted by Gasteiger charge is 2.27. The molecule has 1 nitrogen and oxygen atoms in total. The van der Waals surface area contributed by atoms with Crippen LogP contribution in [0.2, 0.25) is 13.1 Å². The first-order valence-electron chi connectivity index (χ1n) is 8.30. The monoisotopic (exact) mass is 328 g/mol. The third-order valence-corrected chi connectivity index (χ3v) is 7.03. The van der Waals surface area contributed by atoms with E-state index in [9.17, 15) is 0 Å². The number of benzene rings is 4. The van der Waals surface area contributed by atoms with Crippen molar-refractivity contribution in [1.29, 1.82) is 0 Å². The second-order valence-electron chi connectivity index (χ2n) is 6.62. The average molecular weight is 328 g/mol. The fourth-order valence-electron chi connectivity index (χ4n) is 3.27. The Morgan fingerprint density at radius 2 is 1.29 bits per heavy atom. The molecule has 0 radical (unpaired) electrons. The predicted octanol–water partition coefficient (Wildman–Crippen LogP) is 5.48. The maximum Gasteiger partial charge on any atom is 0.276 e. The van der Waals surface area contributed by atoms with E-state index in [0.29, 0.717) is 0 Å². The summed E-state index contributed by atoms with van der Waals surface area (Å²) >= 11 is 0. The van der Waals surface area contributed by atoms with Gasteiger partial charge < -0.3 is 4.43 Å². The van der Waals surface area contributed by atoms with Crippen LogP contribution in [-0.2, 0) is 0 Å². The molecule has 0 N–H and O–H groups in total. The molecular weight excluding hydrogens is 308 g/mol. The van der Waals surface area contributed by atoms with E-state index in [2.05, 4.69) is 98.0 Å². The van der Waals surface area contributed by atoms with Crippen LogP contribution in [0.5, 0.6) is 5.75 Å². The predicted molar refractivity (Wildman–Crippen MR) is 106 cm³/mol. The van der Waals surface area contributed by atoms with Gasteiger partial charge in [-0.2, -0.15) is 0 Å². The van der Waals surface area contributed by atoms with Crippen LogP contribution in [0.25, 0.3) is 21.5 Å². The van der Waals surface area contributed by atoms with Crippen molar-refractivity contribution in [3.63, 3.8) is 0 Å². The molecule has 24 heavy (non-hydrogen) atoms. The summed E-state index contributed by atoms with van der Waals surface area (Å²) < 4.78 is 6.59. The molecule has 4 rings (SSSR count). The molecule has 4 aromatic carbocycles. The van der Waals surface area contributed by atoms with E-state index in [1.807, 2.05) is 0 Å². The molecule has 0 atom stereocenters. The van der Waals surface area contributed by atoms with Gasteiger partial charge >= 0.3 is 0 Å². The van der Waals surface area contributed by atoms with E-state index in [4.69, 9.17) is 4.43 Å². The van der Waals surface area contributed by atoms with Gasteiger partial charge in [0.1, 0.15) is 5.75 Å². The third kappa shape index (κ3) is 2.59. The Labute approximate surface area is 143 Å². The zero-order valence-electron chi connectivity index (χ0n) is 14.0. The van der Waals surface area contributed by atoms with Gasteiger partial charge in [0.15, 0.2) is 0 Å². The van der Waals surface area contributed by atoms with Gasteiger partial charge in [0.2, 0.25) is 0 Å². The molecule has 0 unspecified atom stereocenters. The molecule has 4 aromatic rings. The lowest BCUT2D eigenvalue weighted by molar-refractivity contribution is 0.571. The Balaban J connectivity index is 1.84. The minimum absolute atomic E-state index is 0.985. The Kier molecular flexibility index (Phi) is 3.62. The smallest absolute Gasteiger partial charge is 0.276 e. The van der Waals surface area contributed by atoms with Gasteiger partial charge in [0.25, 0.3) is 8.32 Å². The summed E-state index contributed by atoms with van der Waals surface area (Å²) in [6, 6.07) is 29.8. The molecular formula is C22H20OSi. The quantitative estimate of drug-likeness (QED) is 0.357. The molecule has 0 amide bonds. The molecule has 0 spiro atoms. The maximum atomic E-state index is 6.59. The molecule has 2 heteroatoms. The van der Waals surface area contributed by atoms with E-state index in [1.54, 1.807) is 0 Å². The van der Waals surface area contributed by atoms with Gasteiger partial charge in [0, 0.05) is 5.39 Å². The molecule has 0 saturated heterocycles. The molecule has 0 aromatic heterocycles. The van der Waals surface area contributed by atoms with Crippen molar-refractivity contribution in [2.45, 2.75) is 13.1 Å². The van der Waals surface area contributed by atoms with Crippen molar-refractivity contribution in [3.8, 4) is 5.75 Å². The largest absolute Gasteiger partial charge is 0.539 e. The highest BCUT2D eigenvalue weighted by molar-refractivity contribution is 6.85. The van der Waals surface area contributed by atoms with E-state index >= 15 is 0 Å². The lowest BCUT2D eigenvalue weighted by Crippen LogP contribution is -2.47. The van der Waals surface area contributed by atoms with Crippen LogP contribution in [0.1, 0.15) is 0 Å². The molecule has 0 aliphatic heterocycles. The molecule has 0 heterocycles. The van der Waals surface area contributed by atoms with E-state index < -0.39 is 8.32 Å². The minimum atomic E-state index is -2.00. The number of hydrogen-bond donors (Lipinski definition) is 0. The number of rotatable bonds is 3. The normalized spacial score (nSPS) is 11.8. The van der Waals surface area contributed by atoms with Crippen molar-refractivity contribution < 1.29 is 4.43 Å². The first kappa shape index (κ1) is 15.0. The molecule has 0 aliphatic carbocycles. The summed E-state index contributed by atoms with van der Waals surface area (Å²) in [5.41, 5.74) is 0. The minimum Gasteiger partial charge on any atom is -0.539 e. The number of hydrogen-bond acceptors (Lipinski definition) is 1. The summed E-state index contributed by atoms with van der Waals surface area (Å²) in [6.45, 7) is 4.50. The van der Waals surface area contributed by atoms with Gasteiger partial charge in [0.05, 0.1) is 0 Å². The summed E-state index contributed by atoms with van der Waals surface area (Å²) in [4.78, 5) is 0. The van der Waals surface area contributed by atoms with Crippen LogP contribution in [-0.4, -0.2) is 8.32 Å². The van der Waals surface area contributed by atoms with Crippen LogP contribution >= 0.6 is 0 Å². The SMILES string of the molecule is C[Si](C)(Oc1cccc2c1ccc1ccccc12)c1ccccc1. The molecule has 0 bridgehead atoms. The van der Waals surface area contributed by atoms with E-state index in [1.165, 1.54) is 26.7 Å². The lowest BCUT2D eigenvalue weighted by atomic mass is 10.0. The molecule has 118 valence electrons. The van der Waals surface area contributed by atoms with Crippen molar-refractivity contribution in [2.75, 3.05) is 0 Å². The average Bonchev–Trinajstić information content (AvgIpc) is 2.62. The van der Waals surface area contributed by atoms with Crippen LogP contribution in [0, 0.1) is 0 Å². The second-order valence-corrected chi connectivity index (χ2v) is 10.4. The Bertz CT molecular complexity index is 1010. The van der Waals surface area contributed by atoms with E-state index in [-0.39, 0.29) is 0 Å². The van der Waals surface area contributed by atoms with E-state index in [0.717, 1.165) is 5.75 Å². The van der Waals surface area contributed by atoms with Gasteiger partial charge in [-0.15, -0.1) is 0 Å². The van der Waals surface area contributed by atoms with Gasteiger partial charge in [-0.25, -0.2) is 0 Å². The first-order chi connectivity index (χ1) is 11.6. The zero-order chi connectivity index (χ0) is 16.6. The topological polar surface area (TPSA) is 9.23 Å².